The van der Waals surface area contributed by atoms with Gasteiger partial charge in [-0.15, -0.1) is 11.3 Å². The smallest absolute Gasteiger partial charge is 0.203 e. The molecule has 3 heteroatoms. The fourth-order valence-electron chi connectivity index (χ4n) is 2.00. The molecule has 3 rings (SSSR count). The molecule has 2 aromatic carbocycles. The minimum absolute atomic E-state index is 0.0914. The molecule has 1 heterocycles. The van der Waals surface area contributed by atoms with E-state index in [1.54, 1.807) is 0 Å². The number of rotatable bonds is 2. The average Bonchev–Trinajstić information content (AvgIpc) is 2.93. The van der Waals surface area contributed by atoms with Gasteiger partial charge in [-0.05, 0) is 34.4 Å². The third-order valence-electron chi connectivity index (χ3n) is 2.86. The van der Waals surface area contributed by atoms with Gasteiger partial charge in [0.05, 0.1) is 4.88 Å². The van der Waals surface area contributed by atoms with E-state index in [-0.39, 0.29) is 5.78 Å². The highest BCUT2D eigenvalue weighted by atomic mass is 79.9. The SMILES string of the molecule is O=C(c1cccs1)c1ccc(Br)c2ccccc12. The van der Waals surface area contributed by atoms with Crippen LogP contribution in [-0.2, 0) is 0 Å². The van der Waals surface area contributed by atoms with Crippen molar-refractivity contribution in [1.29, 1.82) is 0 Å². The Morgan fingerprint density at radius 3 is 2.44 bits per heavy atom. The fourth-order valence-corrected chi connectivity index (χ4v) is 3.16. The maximum absolute atomic E-state index is 12.4. The van der Waals surface area contributed by atoms with E-state index in [2.05, 4.69) is 15.9 Å². The minimum Gasteiger partial charge on any atom is -0.288 e. The number of carbonyl (C=O) groups is 1. The summed E-state index contributed by atoms with van der Waals surface area (Å²) in [4.78, 5) is 13.2. The van der Waals surface area contributed by atoms with E-state index in [1.165, 1.54) is 11.3 Å². The number of hydrogen-bond acceptors (Lipinski definition) is 2. The predicted octanol–water partition coefficient (Wildman–Crippen LogP) is 4.89. The molecular formula is C15H9BrOS. The zero-order valence-electron chi connectivity index (χ0n) is 9.39. The second-order valence-corrected chi connectivity index (χ2v) is 5.75. The first-order valence-electron chi connectivity index (χ1n) is 5.53. The number of hydrogen-bond donors (Lipinski definition) is 0. The Kier molecular flexibility index (Phi) is 3.02. The van der Waals surface area contributed by atoms with Crippen LogP contribution in [0.2, 0.25) is 0 Å². The van der Waals surface area contributed by atoms with Crippen molar-refractivity contribution < 1.29 is 4.79 Å². The van der Waals surface area contributed by atoms with Gasteiger partial charge in [-0.3, -0.25) is 4.79 Å². The molecule has 0 unspecified atom stereocenters. The molecule has 0 N–H and O–H groups in total. The summed E-state index contributed by atoms with van der Waals surface area (Å²) >= 11 is 5.00. The highest BCUT2D eigenvalue weighted by molar-refractivity contribution is 9.10. The Bertz CT molecular complexity index is 716. The molecule has 18 heavy (non-hydrogen) atoms. The van der Waals surface area contributed by atoms with E-state index < -0.39 is 0 Å². The van der Waals surface area contributed by atoms with E-state index in [9.17, 15) is 4.79 Å². The molecule has 1 nitrogen and oxygen atoms in total. The quantitative estimate of drug-likeness (QED) is 0.615. The normalized spacial score (nSPS) is 10.7. The van der Waals surface area contributed by atoms with Gasteiger partial charge < -0.3 is 0 Å². The highest BCUT2D eigenvalue weighted by Gasteiger charge is 2.14. The molecule has 1 aromatic heterocycles. The Labute approximate surface area is 117 Å². The van der Waals surface area contributed by atoms with Crippen molar-refractivity contribution >= 4 is 43.8 Å². The van der Waals surface area contributed by atoms with Crippen molar-refractivity contribution in [3.8, 4) is 0 Å². The molecule has 0 bridgehead atoms. The lowest BCUT2D eigenvalue weighted by Crippen LogP contribution is -1.99. The van der Waals surface area contributed by atoms with Crippen molar-refractivity contribution in [3.05, 3.63) is 68.8 Å². The molecular weight excluding hydrogens is 308 g/mol. The largest absolute Gasteiger partial charge is 0.288 e. The van der Waals surface area contributed by atoms with Crippen LogP contribution >= 0.6 is 27.3 Å². The lowest BCUT2D eigenvalue weighted by molar-refractivity contribution is 0.104. The molecule has 0 aliphatic heterocycles. The maximum Gasteiger partial charge on any atom is 0.203 e. The van der Waals surface area contributed by atoms with Crippen LogP contribution < -0.4 is 0 Å². The van der Waals surface area contributed by atoms with Gasteiger partial charge in [0.1, 0.15) is 0 Å². The van der Waals surface area contributed by atoms with E-state index in [4.69, 9.17) is 0 Å². The van der Waals surface area contributed by atoms with Crippen molar-refractivity contribution in [2.75, 3.05) is 0 Å². The summed E-state index contributed by atoms with van der Waals surface area (Å²) in [7, 11) is 0. The standard InChI is InChI=1S/C15H9BrOS/c16-13-8-7-12(10-4-1-2-5-11(10)13)15(17)14-6-3-9-18-14/h1-9H. The van der Waals surface area contributed by atoms with E-state index in [0.717, 1.165) is 25.7 Å². The van der Waals surface area contributed by atoms with Crippen LogP contribution in [-0.4, -0.2) is 5.78 Å². The summed E-state index contributed by atoms with van der Waals surface area (Å²) in [6.07, 6.45) is 0. The highest BCUT2D eigenvalue weighted by Crippen LogP contribution is 2.28. The molecule has 0 spiro atoms. The molecule has 0 fully saturated rings. The monoisotopic (exact) mass is 316 g/mol. The van der Waals surface area contributed by atoms with Gasteiger partial charge in [0.2, 0.25) is 5.78 Å². The molecule has 3 aromatic rings. The van der Waals surface area contributed by atoms with E-state index in [1.807, 2.05) is 53.9 Å². The summed E-state index contributed by atoms with van der Waals surface area (Å²) in [6.45, 7) is 0. The third-order valence-corrected chi connectivity index (χ3v) is 4.42. The Morgan fingerprint density at radius 2 is 1.72 bits per heavy atom. The topological polar surface area (TPSA) is 17.1 Å². The zero-order chi connectivity index (χ0) is 12.5. The molecule has 0 saturated heterocycles. The lowest BCUT2D eigenvalue weighted by atomic mass is 10.0. The van der Waals surface area contributed by atoms with Crippen LogP contribution in [0.15, 0.2) is 58.4 Å². The molecule has 0 amide bonds. The lowest BCUT2D eigenvalue weighted by Gasteiger charge is -2.06. The molecule has 0 aliphatic rings. The second kappa shape index (κ2) is 4.67. The number of carbonyl (C=O) groups excluding carboxylic acids is 1. The van der Waals surface area contributed by atoms with Crippen LogP contribution in [0.1, 0.15) is 15.2 Å². The van der Waals surface area contributed by atoms with Gasteiger partial charge >= 0.3 is 0 Å². The Balaban J connectivity index is 2.25. The van der Waals surface area contributed by atoms with Gasteiger partial charge in [-0.2, -0.15) is 0 Å². The van der Waals surface area contributed by atoms with Crippen LogP contribution in [0.3, 0.4) is 0 Å². The number of ketones is 1. The molecule has 0 aliphatic carbocycles. The molecule has 0 radical (unpaired) electrons. The van der Waals surface area contributed by atoms with Crippen LogP contribution in [0.25, 0.3) is 10.8 Å². The van der Waals surface area contributed by atoms with Crippen molar-refractivity contribution in [2.24, 2.45) is 0 Å². The number of halogens is 1. The summed E-state index contributed by atoms with van der Waals surface area (Å²) in [5, 5.41) is 3.99. The van der Waals surface area contributed by atoms with E-state index in [0.29, 0.717) is 0 Å². The zero-order valence-corrected chi connectivity index (χ0v) is 11.8. The minimum atomic E-state index is 0.0914. The van der Waals surface area contributed by atoms with Gasteiger partial charge in [-0.25, -0.2) is 0 Å². The number of benzene rings is 2. The maximum atomic E-state index is 12.4. The first-order chi connectivity index (χ1) is 8.77. The summed E-state index contributed by atoms with van der Waals surface area (Å²) < 4.78 is 1.01. The van der Waals surface area contributed by atoms with Crippen molar-refractivity contribution in [2.45, 2.75) is 0 Å². The van der Waals surface area contributed by atoms with Crippen LogP contribution in [0.4, 0.5) is 0 Å². The molecule has 0 atom stereocenters. The number of fused-ring (bicyclic) bond motifs is 1. The predicted molar refractivity (Wildman–Crippen MR) is 79.4 cm³/mol. The van der Waals surface area contributed by atoms with Gasteiger partial charge in [0.25, 0.3) is 0 Å². The summed E-state index contributed by atoms with van der Waals surface area (Å²) in [5.41, 5.74) is 0.760. The number of thiophene rings is 1. The summed E-state index contributed by atoms with van der Waals surface area (Å²) in [6, 6.07) is 15.5. The fraction of sp³-hybridized carbons (Fsp3) is 0. The molecule has 88 valence electrons. The first-order valence-corrected chi connectivity index (χ1v) is 7.20. The second-order valence-electron chi connectivity index (χ2n) is 3.95. The van der Waals surface area contributed by atoms with Crippen LogP contribution in [0.5, 0.6) is 0 Å². The van der Waals surface area contributed by atoms with Gasteiger partial charge in [0.15, 0.2) is 0 Å². The van der Waals surface area contributed by atoms with Crippen LogP contribution in [0, 0.1) is 0 Å². The van der Waals surface area contributed by atoms with Crippen molar-refractivity contribution in [3.63, 3.8) is 0 Å². The average molecular weight is 317 g/mol. The third kappa shape index (κ3) is 1.89. The van der Waals surface area contributed by atoms with E-state index >= 15 is 0 Å². The van der Waals surface area contributed by atoms with Gasteiger partial charge in [-0.1, -0.05) is 46.3 Å². The first kappa shape index (κ1) is 11.6. The Hall–Kier alpha value is -1.45. The van der Waals surface area contributed by atoms with Gasteiger partial charge in [0, 0.05) is 10.0 Å². The molecule has 0 saturated carbocycles. The Morgan fingerprint density at radius 1 is 0.944 bits per heavy atom. The van der Waals surface area contributed by atoms with Crippen molar-refractivity contribution in [1.82, 2.24) is 0 Å². The summed E-state index contributed by atoms with van der Waals surface area (Å²) in [5.74, 6) is 0.0914.